The van der Waals surface area contributed by atoms with Crippen LogP contribution in [0.25, 0.3) is 10.9 Å². The summed E-state index contributed by atoms with van der Waals surface area (Å²) in [5.41, 5.74) is 5.04. The van der Waals surface area contributed by atoms with E-state index in [1.807, 2.05) is 0 Å². The number of hydrogen-bond donors (Lipinski definition) is 5. The lowest BCUT2D eigenvalue weighted by atomic mass is 10.00. The zero-order chi connectivity index (χ0) is 14.2. The van der Waals surface area contributed by atoms with Crippen LogP contribution in [0.3, 0.4) is 0 Å². The van der Waals surface area contributed by atoms with Gasteiger partial charge in [0.05, 0.1) is 0 Å². The molecule has 1 amide bonds. The van der Waals surface area contributed by atoms with Crippen molar-refractivity contribution >= 4 is 22.8 Å². The summed E-state index contributed by atoms with van der Waals surface area (Å²) in [6, 6.07) is 6.53. The number of aliphatic hydroxyl groups excluding tert-OH is 2. The minimum atomic E-state index is -1.88. The molecule has 0 saturated heterocycles. The van der Waals surface area contributed by atoms with E-state index in [1.54, 1.807) is 24.3 Å². The van der Waals surface area contributed by atoms with Crippen molar-refractivity contribution in [1.82, 2.24) is 4.98 Å². The Labute approximate surface area is 107 Å². The summed E-state index contributed by atoms with van der Waals surface area (Å²) < 4.78 is 0. The number of aromatic amines is 1. The normalized spacial score (nSPS) is 14.2. The number of carbonyl (C=O) groups excluding carboxylic acids is 1. The summed E-state index contributed by atoms with van der Waals surface area (Å²) in [6.45, 7) is 0. The Balaban J connectivity index is 2.66. The number of aromatic carboxylic acids is 1. The van der Waals surface area contributed by atoms with Crippen LogP contribution < -0.4 is 5.73 Å². The van der Waals surface area contributed by atoms with E-state index < -0.39 is 24.1 Å². The fraction of sp³-hybridized carbons (Fsp3) is 0.167. The first-order valence-corrected chi connectivity index (χ1v) is 5.42. The van der Waals surface area contributed by atoms with Crippen LogP contribution in [0.4, 0.5) is 0 Å². The minimum Gasteiger partial charge on any atom is -0.477 e. The number of carbonyl (C=O) groups is 2. The first-order valence-electron chi connectivity index (χ1n) is 5.42. The number of fused-ring (bicyclic) bond motifs is 1. The number of benzene rings is 1. The fourth-order valence-electron chi connectivity index (χ4n) is 1.95. The van der Waals surface area contributed by atoms with Crippen molar-refractivity contribution in [2.24, 2.45) is 5.73 Å². The lowest BCUT2D eigenvalue weighted by Gasteiger charge is -2.15. The number of rotatable bonds is 4. The summed E-state index contributed by atoms with van der Waals surface area (Å²) in [4.78, 5) is 24.7. The van der Waals surface area contributed by atoms with E-state index in [-0.39, 0.29) is 11.3 Å². The third-order valence-corrected chi connectivity index (χ3v) is 2.85. The predicted octanol–water partition coefficient (Wildman–Crippen LogP) is -0.254. The maximum Gasteiger partial charge on any atom is 0.352 e. The van der Waals surface area contributed by atoms with Gasteiger partial charge in [0.25, 0.3) is 0 Å². The minimum absolute atomic E-state index is 0.0607. The monoisotopic (exact) mass is 264 g/mol. The van der Waals surface area contributed by atoms with Crippen molar-refractivity contribution in [1.29, 1.82) is 0 Å². The molecule has 0 aliphatic rings. The van der Waals surface area contributed by atoms with Crippen molar-refractivity contribution < 1.29 is 24.9 Å². The van der Waals surface area contributed by atoms with Gasteiger partial charge in [0, 0.05) is 16.5 Å². The first-order chi connectivity index (χ1) is 8.93. The first kappa shape index (κ1) is 13.1. The summed E-state index contributed by atoms with van der Waals surface area (Å²) in [5.74, 6) is -2.43. The van der Waals surface area contributed by atoms with Gasteiger partial charge >= 0.3 is 5.97 Å². The maximum absolute atomic E-state index is 11.1. The van der Waals surface area contributed by atoms with E-state index >= 15 is 0 Å². The van der Waals surface area contributed by atoms with Gasteiger partial charge in [0.15, 0.2) is 6.10 Å². The molecule has 0 aliphatic heterocycles. The SMILES string of the molecule is NC(=O)C(O)C(O)c1c(C(=O)O)[nH]c2ccccc12. The molecule has 6 N–H and O–H groups in total. The molecular formula is C12H12N2O5. The average molecular weight is 264 g/mol. The van der Waals surface area contributed by atoms with E-state index in [0.717, 1.165) is 0 Å². The molecule has 2 aromatic rings. The largest absolute Gasteiger partial charge is 0.477 e. The summed E-state index contributed by atoms with van der Waals surface area (Å²) in [6.07, 6.45) is -3.59. The molecule has 0 bridgehead atoms. The Morgan fingerprint density at radius 2 is 1.84 bits per heavy atom. The molecule has 100 valence electrons. The maximum atomic E-state index is 11.1. The highest BCUT2D eigenvalue weighted by Crippen LogP contribution is 2.30. The van der Waals surface area contributed by atoms with Crippen LogP contribution in [-0.2, 0) is 4.79 Å². The molecule has 0 saturated carbocycles. The highest BCUT2D eigenvalue weighted by Gasteiger charge is 2.30. The molecule has 19 heavy (non-hydrogen) atoms. The quantitative estimate of drug-likeness (QED) is 0.518. The van der Waals surface area contributed by atoms with Crippen molar-refractivity contribution in [3.05, 3.63) is 35.5 Å². The van der Waals surface area contributed by atoms with E-state index in [1.165, 1.54) is 0 Å². The number of nitrogens with two attached hydrogens (primary N) is 1. The molecule has 7 nitrogen and oxygen atoms in total. The van der Waals surface area contributed by atoms with Gasteiger partial charge in [0.2, 0.25) is 5.91 Å². The number of nitrogens with one attached hydrogen (secondary N) is 1. The summed E-state index contributed by atoms with van der Waals surface area (Å²) in [5, 5.41) is 28.9. The molecule has 1 heterocycles. The number of H-pyrrole nitrogens is 1. The number of amides is 1. The second kappa shape index (κ2) is 4.71. The molecule has 2 atom stereocenters. The highest BCUT2D eigenvalue weighted by atomic mass is 16.4. The molecule has 0 fully saturated rings. The van der Waals surface area contributed by atoms with Crippen LogP contribution in [0.5, 0.6) is 0 Å². The van der Waals surface area contributed by atoms with Gasteiger partial charge < -0.3 is 26.0 Å². The molecular weight excluding hydrogens is 252 g/mol. The smallest absolute Gasteiger partial charge is 0.352 e. The molecule has 2 rings (SSSR count). The molecule has 1 aromatic carbocycles. The van der Waals surface area contributed by atoms with Gasteiger partial charge in [-0.15, -0.1) is 0 Å². The Kier molecular flexibility index (Phi) is 3.24. The third kappa shape index (κ3) is 2.16. The van der Waals surface area contributed by atoms with E-state index in [4.69, 9.17) is 10.8 Å². The number of aromatic nitrogens is 1. The number of aliphatic hydroxyl groups is 2. The zero-order valence-electron chi connectivity index (χ0n) is 9.70. The van der Waals surface area contributed by atoms with E-state index in [0.29, 0.717) is 10.9 Å². The van der Waals surface area contributed by atoms with Gasteiger partial charge in [-0.05, 0) is 6.07 Å². The zero-order valence-corrected chi connectivity index (χ0v) is 9.70. The highest BCUT2D eigenvalue weighted by molar-refractivity contribution is 5.98. The van der Waals surface area contributed by atoms with Crippen molar-refractivity contribution in [2.45, 2.75) is 12.2 Å². The number of para-hydroxylation sites is 1. The van der Waals surface area contributed by atoms with Crippen LogP contribution in [-0.4, -0.2) is 38.3 Å². The van der Waals surface area contributed by atoms with Crippen LogP contribution in [0.2, 0.25) is 0 Å². The van der Waals surface area contributed by atoms with Crippen LogP contribution in [0.15, 0.2) is 24.3 Å². The Hall–Kier alpha value is -2.38. The van der Waals surface area contributed by atoms with Crippen molar-refractivity contribution in [2.75, 3.05) is 0 Å². The van der Waals surface area contributed by atoms with E-state index in [2.05, 4.69) is 4.98 Å². The number of primary amides is 1. The predicted molar refractivity (Wildman–Crippen MR) is 65.4 cm³/mol. The summed E-state index contributed by atoms with van der Waals surface area (Å²) in [7, 11) is 0. The number of carboxylic acids is 1. The molecule has 7 heteroatoms. The fourth-order valence-corrected chi connectivity index (χ4v) is 1.95. The topological polar surface area (TPSA) is 137 Å². The molecule has 0 radical (unpaired) electrons. The molecule has 0 aliphatic carbocycles. The average Bonchev–Trinajstić information content (AvgIpc) is 2.76. The number of hydrogen-bond acceptors (Lipinski definition) is 4. The van der Waals surface area contributed by atoms with Gasteiger partial charge in [-0.1, -0.05) is 18.2 Å². The van der Waals surface area contributed by atoms with E-state index in [9.17, 15) is 19.8 Å². The lowest BCUT2D eigenvalue weighted by Crippen LogP contribution is -2.34. The Morgan fingerprint density at radius 1 is 1.21 bits per heavy atom. The molecule has 0 spiro atoms. The second-order valence-electron chi connectivity index (χ2n) is 4.06. The van der Waals surface area contributed by atoms with Gasteiger partial charge in [-0.25, -0.2) is 4.79 Å². The third-order valence-electron chi connectivity index (χ3n) is 2.85. The van der Waals surface area contributed by atoms with Crippen molar-refractivity contribution in [3.63, 3.8) is 0 Å². The van der Waals surface area contributed by atoms with Crippen LogP contribution >= 0.6 is 0 Å². The van der Waals surface area contributed by atoms with Gasteiger partial charge in [-0.2, -0.15) is 0 Å². The number of carboxylic acid groups (broad SMARTS) is 1. The van der Waals surface area contributed by atoms with Crippen LogP contribution in [0.1, 0.15) is 22.2 Å². The molecule has 1 aromatic heterocycles. The Morgan fingerprint density at radius 3 is 2.42 bits per heavy atom. The van der Waals surface area contributed by atoms with Crippen molar-refractivity contribution in [3.8, 4) is 0 Å². The van der Waals surface area contributed by atoms with Gasteiger partial charge in [0.1, 0.15) is 11.8 Å². The summed E-state index contributed by atoms with van der Waals surface area (Å²) >= 11 is 0. The molecule has 2 unspecified atom stereocenters. The Bertz CT molecular complexity index is 649. The standard InChI is InChI=1S/C12H12N2O5/c13-11(17)10(16)9(15)7-5-3-1-2-4-6(5)14-8(7)12(18)19/h1-4,9-10,14-16H,(H2,13,17)(H,18,19). The second-order valence-corrected chi connectivity index (χ2v) is 4.06. The van der Waals surface area contributed by atoms with Gasteiger partial charge in [-0.3, -0.25) is 4.79 Å². The van der Waals surface area contributed by atoms with Crippen LogP contribution in [0, 0.1) is 0 Å². The lowest BCUT2D eigenvalue weighted by molar-refractivity contribution is -0.131.